The van der Waals surface area contributed by atoms with Crippen LogP contribution in [0.3, 0.4) is 0 Å². The lowest BCUT2D eigenvalue weighted by molar-refractivity contribution is 0.0291. The van der Waals surface area contributed by atoms with Crippen LogP contribution in [0.2, 0.25) is 0 Å². The Labute approximate surface area is 194 Å². The SMILES string of the molecule is CCc1nn(-c2ccccc2)c(Oc2cccc(F)c2)c1CN(CCOC)CC(O)COC. The summed E-state index contributed by atoms with van der Waals surface area (Å²) >= 11 is 0. The summed E-state index contributed by atoms with van der Waals surface area (Å²) in [6.07, 6.45) is 0.0432. The third-order valence-corrected chi connectivity index (χ3v) is 5.19. The summed E-state index contributed by atoms with van der Waals surface area (Å²) < 4.78 is 32.2. The minimum Gasteiger partial charge on any atom is -0.438 e. The van der Waals surface area contributed by atoms with Gasteiger partial charge >= 0.3 is 0 Å². The Balaban J connectivity index is 2.02. The maximum absolute atomic E-state index is 13.9. The number of benzene rings is 2. The number of hydrogen-bond donors (Lipinski definition) is 1. The number of ether oxygens (including phenoxy) is 3. The van der Waals surface area contributed by atoms with E-state index >= 15 is 0 Å². The van der Waals surface area contributed by atoms with Crippen molar-refractivity contribution < 1.29 is 23.7 Å². The van der Waals surface area contributed by atoms with Gasteiger partial charge in [-0.15, -0.1) is 0 Å². The summed E-state index contributed by atoms with van der Waals surface area (Å²) in [5, 5.41) is 15.2. The van der Waals surface area contributed by atoms with Crippen LogP contribution >= 0.6 is 0 Å². The molecule has 0 aliphatic rings. The fourth-order valence-corrected chi connectivity index (χ4v) is 3.63. The van der Waals surface area contributed by atoms with Gasteiger partial charge in [-0.25, -0.2) is 9.07 Å². The van der Waals surface area contributed by atoms with E-state index in [9.17, 15) is 9.50 Å². The maximum atomic E-state index is 13.9. The van der Waals surface area contributed by atoms with Crippen molar-refractivity contribution in [2.75, 3.05) is 40.5 Å². The lowest BCUT2D eigenvalue weighted by Crippen LogP contribution is -2.36. The molecule has 1 N–H and O–H groups in total. The number of rotatable bonds is 13. The zero-order valence-electron chi connectivity index (χ0n) is 19.4. The third-order valence-electron chi connectivity index (χ3n) is 5.19. The van der Waals surface area contributed by atoms with E-state index < -0.39 is 6.10 Å². The second-order valence-corrected chi connectivity index (χ2v) is 7.73. The van der Waals surface area contributed by atoms with E-state index in [1.807, 2.05) is 37.3 Å². The molecular weight excluding hydrogens is 425 g/mol. The van der Waals surface area contributed by atoms with Crippen molar-refractivity contribution in [1.29, 1.82) is 0 Å². The molecule has 0 aliphatic heterocycles. The van der Waals surface area contributed by atoms with Gasteiger partial charge < -0.3 is 19.3 Å². The summed E-state index contributed by atoms with van der Waals surface area (Å²) in [6, 6.07) is 15.7. The normalized spacial score (nSPS) is 12.3. The third kappa shape index (κ3) is 6.85. The number of hydrogen-bond acceptors (Lipinski definition) is 6. The highest BCUT2D eigenvalue weighted by molar-refractivity contribution is 5.43. The molecule has 0 aliphatic carbocycles. The van der Waals surface area contributed by atoms with Crippen LogP contribution in [-0.4, -0.2) is 66.4 Å². The summed E-state index contributed by atoms with van der Waals surface area (Å²) in [5.41, 5.74) is 2.59. The minimum atomic E-state index is -0.645. The molecule has 1 atom stereocenters. The van der Waals surface area contributed by atoms with Crippen LogP contribution in [-0.2, 0) is 22.4 Å². The topological polar surface area (TPSA) is 69.0 Å². The number of aryl methyl sites for hydroxylation is 1. The molecule has 0 bridgehead atoms. The lowest BCUT2D eigenvalue weighted by Gasteiger charge is -2.25. The van der Waals surface area contributed by atoms with Gasteiger partial charge in [0.1, 0.15) is 11.6 Å². The van der Waals surface area contributed by atoms with Crippen molar-refractivity contribution in [3.05, 3.63) is 71.7 Å². The maximum Gasteiger partial charge on any atom is 0.227 e. The Bertz CT molecular complexity index is 997. The molecule has 0 spiro atoms. The van der Waals surface area contributed by atoms with Crippen molar-refractivity contribution in [1.82, 2.24) is 14.7 Å². The minimum absolute atomic E-state index is 0.236. The number of aliphatic hydroxyl groups is 1. The summed E-state index contributed by atoms with van der Waals surface area (Å²) in [6.45, 7) is 4.26. The van der Waals surface area contributed by atoms with E-state index in [2.05, 4.69) is 4.90 Å². The molecule has 8 heteroatoms. The van der Waals surface area contributed by atoms with Crippen LogP contribution in [0.15, 0.2) is 54.6 Å². The molecule has 1 unspecified atom stereocenters. The molecule has 178 valence electrons. The van der Waals surface area contributed by atoms with Gasteiger partial charge in [-0.1, -0.05) is 31.2 Å². The fraction of sp³-hybridized carbons (Fsp3) is 0.400. The highest BCUT2D eigenvalue weighted by atomic mass is 19.1. The Morgan fingerprint density at radius 1 is 1.09 bits per heavy atom. The van der Waals surface area contributed by atoms with Crippen LogP contribution in [0.4, 0.5) is 4.39 Å². The van der Waals surface area contributed by atoms with Gasteiger partial charge in [0.2, 0.25) is 5.88 Å². The largest absolute Gasteiger partial charge is 0.438 e. The molecule has 7 nitrogen and oxygen atoms in total. The van der Waals surface area contributed by atoms with Gasteiger partial charge in [0.15, 0.2) is 0 Å². The molecule has 1 aromatic heterocycles. The van der Waals surface area contributed by atoms with Gasteiger partial charge in [0.05, 0.1) is 36.3 Å². The quantitative estimate of drug-likeness (QED) is 0.421. The van der Waals surface area contributed by atoms with Gasteiger partial charge in [0, 0.05) is 39.9 Å². The van der Waals surface area contributed by atoms with Crippen molar-refractivity contribution in [2.24, 2.45) is 0 Å². The number of methoxy groups -OCH3 is 2. The molecule has 2 aromatic carbocycles. The molecule has 3 rings (SSSR count). The first-order chi connectivity index (χ1) is 16.0. The van der Waals surface area contributed by atoms with Gasteiger partial charge in [0.25, 0.3) is 0 Å². The van der Waals surface area contributed by atoms with Crippen molar-refractivity contribution >= 4 is 0 Å². The summed E-state index contributed by atoms with van der Waals surface area (Å²) in [7, 11) is 3.21. The van der Waals surface area contributed by atoms with Crippen molar-refractivity contribution in [3.63, 3.8) is 0 Å². The van der Waals surface area contributed by atoms with Crippen LogP contribution in [0, 0.1) is 5.82 Å². The molecule has 0 saturated carbocycles. The monoisotopic (exact) mass is 457 g/mol. The van der Waals surface area contributed by atoms with Crippen molar-refractivity contribution in [3.8, 4) is 17.3 Å². The molecule has 0 fully saturated rings. The molecule has 1 heterocycles. The Morgan fingerprint density at radius 3 is 2.55 bits per heavy atom. The first-order valence-electron chi connectivity index (χ1n) is 11.0. The predicted octanol–water partition coefficient (Wildman–Crippen LogP) is 3.82. The standard InChI is InChI=1S/C25H32FN3O4/c1-4-24-23(17-28(13-14-31-2)16-21(30)18-32-3)25(33-22-12-8-9-19(26)15-22)29(27-24)20-10-6-5-7-11-20/h5-12,15,21,30H,4,13-14,16-18H2,1-3H3. The summed E-state index contributed by atoms with van der Waals surface area (Å²) in [4.78, 5) is 2.08. The first-order valence-corrected chi connectivity index (χ1v) is 11.0. The number of aromatic nitrogens is 2. The zero-order valence-corrected chi connectivity index (χ0v) is 19.4. The molecule has 3 aromatic rings. The molecule has 0 amide bonds. The molecular formula is C25H32FN3O4. The van der Waals surface area contributed by atoms with E-state index in [0.717, 1.165) is 16.9 Å². The van der Waals surface area contributed by atoms with Crippen LogP contribution < -0.4 is 4.74 Å². The second kappa shape index (κ2) is 12.5. The highest BCUT2D eigenvalue weighted by Crippen LogP contribution is 2.32. The van der Waals surface area contributed by atoms with E-state index in [1.54, 1.807) is 31.0 Å². The second-order valence-electron chi connectivity index (χ2n) is 7.73. The number of nitrogens with zero attached hydrogens (tertiary/aromatic N) is 3. The molecule has 0 saturated heterocycles. The van der Waals surface area contributed by atoms with E-state index in [0.29, 0.717) is 44.3 Å². The first kappa shape index (κ1) is 24.9. The Hall–Kier alpha value is -2.78. The average Bonchev–Trinajstić information content (AvgIpc) is 3.15. The van der Waals surface area contributed by atoms with E-state index in [1.165, 1.54) is 12.1 Å². The Morgan fingerprint density at radius 2 is 1.88 bits per heavy atom. The van der Waals surface area contributed by atoms with Crippen LogP contribution in [0.1, 0.15) is 18.2 Å². The Kier molecular flexibility index (Phi) is 9.38. The molecule has 0 radical (unpaired) electrons. The highest BCUT2D eigenvalue weighted by Gasteiger charge is 2.23. The van der Waals surface area contributed by atoms with Crippen molar-refractivity contribution in [2.45, 2.75) is 26.0 Å². The fourth-order valence-electron chi connectivity index (χ4n) is 3.63. The zero-order chi connectivity index (χ0) is 23.6. The lowest BCUT2D eigenvalue weighted by atomic mass is 10.1. The van der Waals surface area contributed by atoms with Crippen LogP contribution in [0.5, 0.6) is 11.6 Å². The number of aliphatic hydroxyl groups excluding tert-OH is 1. The average molecular weight is 458 g/mol. The van der Waals surface area contributed by atoms with Gasteiger partial charge in [-0.05, 0) is 30.7 Å². The van der Waals surface area contributed by atoms with Gasteiger partial charge in [-0.2, -0.15) is 5.10 Å². The van der Waals surface area contributed by atoms with Crippen LogP contribution in [0.25, 0.3) is 5.69 Å². The predicted molar refractivity (Wildman–Crippen MR) is 124 cm³/mol. The van der Waals surface area contributed by atoms with E-state index in [4.69, 9.17) is 19.3 Å². The molecule has 33 heavy (non-hydrogen) atoms. The smallest absolute Gasteiger partial charge is 0.227 e. The number of halogens is 1. The van der Waals surface area contributed by atoms with E-state index in [-0.39, 0.29) is 12.4 Å². The van der Waals surface area contributed by atoms with Gasteiger partial charge in [-0.3, -0.25) is 4.90 Å². The number of para-hydroxylation sites is 1. The summed E-state index contributed by atoms with van der Waals surface area (Å²) in [5.74, 6) is 0.533.